The number of hydrogen-bond acceptors (Lipinski definition) is 3. The Morgan fingerprint density at radius 3 is 2.45 bits per heavy atom. The minimum absolute atomic E-state index is 0.00605. The fraction of sp³-hybridized carbons (Fsp3) is 0.391. The predicted molar refractivity (Wildman–Crippen MR) is 123 cm³/mol. The Labute approximate surface area is 195 Å². The molecule has 1 fully saturated rings. The molecule has 0 unspecified atom stereocenters. The number of carbonyl (C=O) groups is 2. The number of nitrogens with one attached hydrogen (secondary N) is 1. The van der Waals surface area contributed by atoms with Gasteiger partial charge in [0.1, 0.15) is 23.5 Å². The third kappa shape index (κ3) is 5.77. The molecule has 0 radical (unpaired) electrons. The number of hydrogen-bond donors (Lipinski definition) is 1. The van der Waals surface area contributed by atoms with Crippen molar-refractivity contribution < 1.29 is 18.7 Å². The molecule has 2 amide bonds. The SMILES string of the molecule is COc1ccc([C@@H](C(=O)NC2CCCCC2)N(C(=O)CCl)c2ccc(Br)cc2F)cc1. The molecule has 1 aliphatic rings. The lowest BCUT2D eigenvalue weighted by Crippen LogP contribution is -2.48. The molecule has 5 nitrogen and oxygen atoms in total. The van der Waals surface area contributed by atoms with Crippen molar-refractivity contribution in [3.05, 3.63) is 58.3 Å². The quantitative estimate of drug-likeness (QED) is 0.509. The largest absolute Gasteiger partial charge is 0.497 e. The Morgan fingerprint density at radius 1 is 1.19 bits per heavy atom. The van der Waals surface area contributed by atoms with Crippen LogP contribution in [-0.2, 0) is 9.59 Å². The topological polar surface area (TPSA) is 58.6 Å². The summed E-state index contributed by atoms with van der Waals surface area (Å²) < 4.78 is 20.6. The molecule has 1 atom stereocenters. The van der Waals surface area contributed by atoms with Crippen LogP contribution in [0.15, 0.2) is 46.9 Å². The van der Waals surface area contributed by atoms with Gasteiger partial charge in [-0.15, -0.1) is 11.6 Å². The lowest BCUT2D eigenvalue weighted by atomic mass is 9.94. The molecule has 2 aromatic rings. The highest BCUT2D eigenvalue weighted by molar-refractivity contribution is 9.10. The molecule has 0 bridgehead atoms. The zero-order valence-electron chi connectivity index (χ0n) is 17.2. The van der Waals surface area contributed by atoms with Gasteiger partial charge < -0.3 is 10.1 Å². The molecule has 1 saturated carbocycles. The summed E-state index contributed by atoms with van der Waals surface area (Å²) in [5, 5.41) is 3.07. The fourth-order valence-electron chi connectivity index (χ4n) is 3.89. The Hall–Kier alpha value is -2.12. The zero-order chi connectivity index (χ0) is 22.4. The van der Waals surface area contributed by atoms with Gasteiger partial charge in [0.05, 0.1) is 12.8 Å². The highest BCUT2D eigenvalue weighted by Gasteiger charge is 2.35. The van der Waals surface area contributed by atoms with Crippen LogP contribution in [-0.4, -0.2) is 30.8 Å². The van der Waals surface area contributed by atoms with Gasteiger partial charge in [0.25, 0.3) is 0 Å². The summed E-state index contributed by atoms with van der Waals surface area (Å²) in [6, 6.07) is 10.1. The van der Waals surface area contributed by atoms with Crippen LogP contribution in [0.4, 0.5) is 10.1 Å². The molecule has 2 aromatic carbocycles. The van der Waals surface area contributed by atoms with E-state index < -0.39 is 23.6 Å². The van der Waals surface area contributed by atoms with Gasteiger partial charge in [-0.1, -0.05) is 47.3 Å². The second-order valence-corrected chi connectivity index (χ2v) is 8.70. The number of nitrogens with zero attached hydrogens (tertiary/aromatic N) is 1. The van der Waals surface area contributed by atoms with Gasteiger partial charge in [-0.3, -0.25) is 14.5 Å². The van der Waals surface area contributed by atoms with E-state index in [0.717, 1.165) is 37.0 Å². The summed E-state index contributed by atoms with van der Waals surface area (Å²) in [5.74, 6) is -1.34. The van der Waals surface area contributed by atoms with Crippen LogP contribution in [0.25, 0.3) is 0 Å². The molecule has 0 aliphatic heterocycles. The molecule has 3 rings (SSSR count). The van der Waals surface area contributed by atoms with E-state index in [1.807, 2.05) is 0 Å². The van der Waals surface area contributed by atoms with Crippen LogP contribution in [0.3, 0.4) is 0 Å². The number of methoxy groups -OCH3 is 1. The van der Waals surface area contributed by atoms with Crippen LogP contribution in [0.1, 0.15) is 43.7 Å². The third-order valence-electron chi connectivity index (χ3n) is 5.44. The van der Waals surface area contributed by atoms with E-state index in [4.69, 9.17) is 16.3 Å². The summed E-state index contributed by atoms with van der Waals surface area (Å²) in [6.07, 6.45) is 5.01. The highest BCUT2D eigenvalue weighted by atomic mass is 79.9. The Morgan fingerprint density at radius 2 is 1.87 bits per heavy atom. The normalized spacial score (nSPS) is 15.2. The second kappa shape index (κ2) is 11.0. The van der Waals surface area contributed by atoms with E-state index in [1.165, 1.54) is 12.1 Å². The average molecular weight is 512 g/mol. The summed E-state index contributed by atoms with van der Waals surface area (Å²) in [7, 11) is 1.54. The smallest absolute Gasteiger partial charge is 0.248 e. The van der Waals surface area contributed by atoms with Crippen molar-refractivity contribution in [1.29, 1.82) is 0 Å². The van der Waals surface area contributed by atoms with Gasteiger partial charge in [-0.2, -0.15) is 0 Å². The van der Waals surface area contributed by atoms with Crippen molar-refractivity contribution in [2.75, 3.05) is 17.9 Å². The van der Waals surface area contributed by atoms with Crippen molar-refractivity contribution >= 4 is 45.0 Å². The molecule has 0 heterocycles. The van der Waals surface area contributed by atoms with Crippen LogP contribution in [0.2, 0.25) is 0 Å². The van der Waals surface area contributed by atoms with Gasteiger partial charge in [-0.25, -0.2) is 4.39 Å². The predicted octanol–water partition coefficient (Wildman–Crippen LogP) is 5.36. The van der Waals surface area contributed by atoms with Crippen LogP contribution in [0.5, 0.6) is 5.75 Å². The molecule has 31 heavy (non-hydrogen) atoms. The van der Waals surface area contributed by atoms with Crippen LogP contribution < -0.4 is 15.0 Å². The molecule has 166 valence electrons. The maximum Gasteiger partial charge on any atom is 0.248 e. The first-order chi connectivity index (χ1) is 14.9. The molecular formula is C23H25BrClFN2O3. The number of amides is 2. The first-order valence-corrected chi connectivity index (χ1v) is 11.5. The standard InChI is InChI=1S/C23H25BrClFN2O3/c1-31-18-10-7-15(8-11-18)22(23(30)27-17-5-3-2-4-6-17)28(21(29)14-25)20-12-9-16(24)13-19(20)26/h7-13,17,22H,2-6,14H2,1H3,(H,27,30)/t22-/m0/s1. The highest BCUT2D eigenvalue weighted by Crippen LogP contribution is 2.33. The fourth-order valence-corrected chi connectivity index (χ4v) is 4.35. The van der Waals surface area contributed by atoms with Crippen molar-refractivity contribution in [3.63, 3.8) is 0 Å². The van der Waals surface area contributed by atoms with Crippen molar-refractivity contribution in [3.8, 4) is 5.75 Å². The van der Waals surface area contributed by atoms with Gasteiger partial charge in [0.2, 0.25) is 11.8 Å². The minimum atomic E-state index is -1.07. The number of anilines is 1. The number of halogens is 3. The van der Waals surface area contributed by atoms with Crippen molar-refractivity contribution in [2.24, 2.45) is 0 Å². The lowest BCUT2D eigenvalue weighted by Gasteiger charge is -2.33. The number of benzene rings is 2. The average Bonchev–Trinajstić information content (AvgIpc) is 2.78. The van der Waals surface area contributed by atoms with Crippen LogP contribution >= 0.6 is 27.5 Å². The molecule has 8 heteroatoms. The van der Waals surface area contributed by atoms with E-state index in [1.54, 1.807) is 37.4 Å². The monoisotopic (exact) mass is 510 g/mol. The molecular weight excluding hydrogens is 487 g/mol. The number of ether oxygens (including phenoxy) is 1. The third-order valence-corrected chi connectivity index (χ3v) is 6.16. The summed E-state index contributed by atoms with van der Waals surface area (Å²) in [5.41, 5.74) is 0.531. The van der Waals surface area contributed by atoms with Gasteiger partial charge in [0.15, 0.2) is 0 Å². The van der Waals surface area contributed by atoms with Gasteiger partial charge in [0, 0.05) is 10.5 Å². The first kappa shape index (κ1) is 23.5. The van der Waals surface area contributed by atoms with Crippen molar-refractivity contribution in [2.45, 2.75) is 44.2 Å². The molecule has 0 saturated heterocycles. The Kier molecular flexibility index (Phi) is 8.32. The van der Waals surface area contributed by atoms with E-state index in [2.05, 4.69) is 21.2 Å². The number of alkyl halides is 1. The number of carbonyl (C=O) groups excluding carboxylic acids is 2. The minimum Gasteiger partial charge on any atom is -0.497 e. The Bertz CT molecular complexity index is 920. The molecule has 0 spiro atoms. The van der Waals surface area contributed by atoms with E-state index >= 15 is 0 Å². The van der Waals surface area contributed by atoms with E-state index in [-0.39, 0.29) is 17.6 Å². The summed E-state index contributed by atoms with van der Waals surface area (Å²) in [6.45, 7) is 0. The van der Waals surface area contributed by atoms with Gasteiger partial charge >= 0.3 is 0 Å². The van der Waals surface area contributed by atoms with E-state index in [0.29, 0.717) is 15.8 Å². The molecule has 1 N–H and O–H groups in total. The van der Waals surface area contributed by atoms with Gasteiger partial charge in [-0.05, 0) is 48.7 Å². The second-order valence-electron chi connectivity index (χ2n) is 7.51. The van der Waals surface area contributed by atoms with E-state index in [9.17, 15) is 14.0 Å². The summed E-state index contributed by atoms with van der Waals surface area (Å²) in [4.78, 5) is 27.5. The van der Waals surface area contributed by atoms with Crippen molar-refractivity contribution in [1.82, 2.24) is 5.32 Å². The maximum absolute atomic E-state index is 14.9. The number of rotatable bonds is 7. The van der Waals surface area contributed by atoms with Crippen LogP contribution in [0, 0.1) is 5.82 Å². The lowest BCUT2D eigenvalue weighted by molar-refractivity contribution is -0.126. The Balaban J connectivity index is 2.05. The molecule has 1 aliphatic carbocycles. The molecule has 0 aromatic heterocycles. The first-order valence-electron chi connectivity index (χ1n) is 10.2. The maximum atomic E-state index is 14.9. The zero-order valence-corrected chi connectivity index (χ0v) is 19.6. The summed E-state index contributed by atoms with van der Waals surface area (Å²) >= 11 is 9.11.